The minimum absolute atomic E-state index is 0.170. The Hall–Kier alpha value is -2.63. The van der Waals surface area contributed by atoms with Crippen LogP contribution in [0.4, 0.5) is 11.6 Å². The number of aryl methyl sites for hydroxylation is 1. The lowest BCUT2D eigenvalue weighted by molar-refractivity contribution is 0.867. The standard InChI is InChI=1S/C16H21N5O/c1-9(2)12-5-7-13(8-6-12)19-15(17)21-16-18-11(4)10(3)14(22)20-16/h5-9H,1-4H3,(H4,17,18,19,20,21,22). The van der Waals surface area contributed by atoms with Gasteiger partial charge in [0.15, 0.2) is 0 Å². The lowest BCUT2D eigenvalue weighted by Gasteiger charge is -2.08. The maximum absolute atomic E-state index is 11.7. The molecule has 1 aromatic carbocycles. The van der Waals surface area contributed by atoms with Gasteiger partial charge in [-0.15, -0.1) is 0 Å². The molecule has 0 unspecified atom stereocenters. The summed E-state index contributed by atoms with van der Waals surface area (Å²) in [6, 6.07) is 7.95. The fraction of sp³-hybridized carbons (Fsp3) is 0.312. The quantitative estimate of drug-likeness (QED) is 0.599. The van der Waals surface area contributed by atoms with Gasteiger partial charge in [0.2, 0.25) is 11.9 Å². The zero-order chi connectivity index (χ0) is 16.3. The summed E-state index contributed by atoms with van der Waals surface area (Å²) in [7, 11) is 0. The molecule has 0 aliphatic carbocycles. The van der Waals surface area contributed by atoms with Crippen molar-refractivity contribution in [3.05, 3.63) is 51.4 Å². The normalized spacial score (nSPS) is 11.8. The second-order valence-electron chi connectivity index (χ2n) is 5.50. The van der Waals surface area contributed by atoms with Crippen LogP contribution >= 0.6 is 0 Å². The molecule has 0 fully saturated rings. The molecule has 4 N–H and O–H groups in total. The number of nitrogens with zero attached hydrogens (tertiary/aromatic N) is 2. The van der Waals surface area contributed by atoms with E-state index in [0.717, 1.165) is 5.69 Å². The number of rotatable bonds is 3. The number of hydrogen-bond donors (Lipinski definition) is 3. The third-order valence-corrected chi connectivity index (χ3v) is 3.46. The van der Waals surface area contributed by atoms with Crippen molar-refractivity contribution in [3.63, 3.8) is 0 Å². The van der Waals surface area contributed by atoms with Crippen LogP contribution in [0.1, 0.15) is 36.6 Å². The molecular weight excluding hydrogens is 278 g/mol. The fourth-order valence-corrected chi connectivity index (χ4v) is 1.92. The van der Waals surface area contributed by atoms with E-state index in [-0.39, 0.29) is 17.5 Å². The minimum atomic E-state index is -0.208. The smallest absolute Gasteiger partial charge is 0.255 e. The van der Waals surface area contributed by atoms with Gasteiger partial charge in [0.05, 0.1) is 0 Å². The number of benzene rings is 1. The highest BCUT2D eigenvalue weighted by molar-refractivity contribution is 5.93. The van der Waals surface area contributed by atoms with E-state index in [4.69, 9.17) is 5.73 Å². The van der Waals surface area contributed by atoms with Crippen molar-refractivity contribution in [1.29, 1.82) is 0 Å². The van der Waals surface area contributed by atoms with Gasteiger partial charge in [-0.2, -0.15) is 4.99 Å². The Balaban J connectivity index is 2.17. The van der Waals surface area contributed by atoms with Crippen LogP contribution in [-0.2, 0) is 0 Å². The van der Waals surface area contributed by atoms with Crippen LogP contribution in [0.25, 0.3) is 0 Å². The number of aromatic nitrogens is 2. The predicted octanol–water partition coefficient (Wildman–Crippen LogP) is 2.57. The van der Waals surface area contributed by atoms with Gasteiger partial charge in [-0.1, -0.05) is 26.0 Å². The Labute approximate surface area is 129 Å². The van der Waals surface area contributed by atoms with Crippen LogP contribution < -0.4 is 16.6 Å². The number of aromatic amines is 1. The summed E-state index contributed by atoms with van der Waals surface area (Å²) >= 11 is 0. The first kappa shape index (κ1) is 15.8. The molecule has 0 aliphatic heterocycles. The molecule has 2 aromatic rings. The van der Waals surface area contributed by atoms with Crippen molar-refractivity contribution in [3.8, 4) is 0 Å². The maximum atomic E-state index is 11.7. The van der Waals surface area contributed by atoms with E-state index >= 15 is 0 Å². The van der Waals surface area contributed by atoms with Crippen LogP contribution in [0.3, 0.4) is 0 Å². The van der Waals surface area contributed by atoms with Gasteiger partial charge in [-0.05, 0) is 37.5 Å². The summed E-state index contributed by atoms with van der Waals surface area (Å²) in [6.07, 6.45) is 0. The molecule has 22 heavy (non-hydrogen) atoms. The average molecular weight is 299 g/mol. The topological polar surface area (TPSA) is 96.2 Å². The average Bonchev–Trinajstić information content (AvgIpc) is 2.45. The summed E-state index contributed by atoms with van der Waals surface area (Å²) < 4.78 is 0. The van der Waals surface area contributed by atoms with E-state index in [2.05, 4.69) is 34.1 Å². The number of nitrogens with one attached hydrogen (secondary N) is 2. The highest BCUT2D eigenvalue weighted by Crippen LogP contribution is 2.17. The van der Waals surface area contributed by atoms with Crippen LogP contribution in [0.5, 0.6) is 0 Å². The Morgan fingerprint density at radius 1 is 1.27 bits per heavy atom. The number of nitrogens with two attached hydrogens (primary N) is 1. The maximum Gasteiger partial charge on any atom is 0.255 e. The van der Waals surface area contributed by atoms with Crippen molar-refractivity contribution in [2.45, 2.75) is 33.6 Å². The Morgan fingerprint density at radius 3 is 2.45 bits per heavy atom. The number of H-pyrrole nitrogens is 1. The van der Waals surface area contributed by atoms with Crippen LogP contribution in [0.15, 0.2) is 34.1 Å². The second kappa shape index (κ2) is 6.43. The summed E-state index contributed by atoms with van der Waals surface area (Å²) in [5.41, 5.74) is 8.94. The molecule has 0 bridgehead atoms. The first-order chi connectivity index (χ1) is 10.4. The number of guanidine groups is 1. The highest BCUT2D eigenvalue weighted by atomic mass is 16.1. The van der Waals surface area contributed by atoms with Crippen LogP contribution in [0.2, 0.25) is 0 Å². The Kier molecular flexibility index (Phi) is 4.60. The molecule has 0 amide bonds. The van der Waals surface area contributed by atoms with Gasteiger partial charge in [0.25, 0.3) is 5.56 Å². The van der Waals surface area contributed by atoms with Gasteiger partial charge in [0, 0.05) is 16.9 Å². The number of hydrogen-bond acceptors (Lipinski definition) is 3. The summed E-state index contributed by atoms with van der Waals surface area (Å²) in [5, 5.41) is 2.98. The van der Waals surface area contributed by atoms with Crippen molar-refractivity contribution in [2.75, 3.05) is 5.32 Å². The largest absolute Gasteiger partial charge is 0.369 e. The second-order valence-corrected chi connectivity index (χ2v) is 5.50. The lowest BCUT2D eigenvalue weighted by atomic mass is 10.0. The molecule has 116 valence electrons. The van der Waals surface area contributed by atoms with Gasteiger partial charge < -0.3 is 11.1 Å². The first-order valence-corrected chi connectivity index (χ1v) is 7.15. The van der Waals surface area contributed by atoms with E-state index < -0.39 is 0 Å². The predicted molar refractivity (Wildman–Crippen MR) is 89.8 cm³/mol. The highest BCUT2D eigenvalue weighted by Gasteiger charge is 2.04. The lowest BCUT2D eigenvalue weighted by Crippen LogP contribution is -2.23. The van der Waals surface area contributed by atoms with Crippen LogP contribution in [-0.4, -0.2) is 15.9 Å². The molecule has 1 aromatic heterocycles. The molecule has 6 nitrogen and oxygen atoms in total. The summed E-state index contributed by atoms with van der Waals surface area (Å²) in [5.74, 6) is 0.838. The zero-order valence-electron chi connectivity index (χ0n) is 13.3. The van der Waals surface area contributed by atoms with E-state index in [1.165, 1.54) is 5.56 Å². The van der Waals surface area contributed by atoms with Crippen molar-refractivity contribution < 1.29 is 0 Å². The van der Waals surface area contributed by atoms with Gasteiger partial charge in [-0.3, -0.25) is 9.78 Å². The Bertz CT molecular complexity index is 744. The summed E-state index contributed by atoms with van der Waals surface area (Å²) in [6.45, 7) is 7.75. The molecule has 0 spiro atoms. The van der Waals surface area contributed by atoms with Crippen LogP contribution in [0, 0.1) is 13.8 Å². The molecule has 0 saturated heterocycles. The Morgan fingerprint density at radius 2 is 1.91 bits per heavy atom. The number of aliphatic imine (C=N–C) groups is 1. The molecule has 0 saturated carbocycles. The minimum Gasteiger partial charge on any atom is -0.369 e. The van der Waals surface area contributed by atoms with Gasteiger partial charge in [-0.25, -0.2) is 4.98 Å². The zero-order valence-corrected chi connectivity index (χ0v) is 13.3. The fourth-order valence-electron chi connectivity index (χ4n) is 1.92. The third-order valence-electron chi connectivity index (χ3n) is 3.46. The molecule has 1 heterocycles. The van der Waals surface area contributed by atoms with Crippen molar-refractivity contribution in [2.24, 2.45) is 10.7 Å². The van der Waals surface area contributed by atoms with Gasteiger partial charge in [0.1, 0.15) is 0 Å². The number of anilines is 1. The van der Waals surface area contributed by atoms with Crippen molar-refractivity contribution >= 4 is 17.6 Å². The molecule has 2 rings (SSSR count). The van der Waals surface area contributed by atoms with Crippen molar-refractivity contribution in [1.82, 2.24) is 9.97 Å². The summed E-state index contributed by atoms with van der Waals surface area (Å²) in [4.78, 5) is 22.5. The van der Waals surface area contributed by atoms with E-state index in [9.17, 15) is 4.79 Å². The monoisotopic (exact) mass is 299 g/mol. The van der Waals surface area contributed by atoms with Gasteiger partial charge >= 0.3 is 0 Å². The molecule has 0 atom stereocenters. The van der Waals surface area contributed by atoms with E-state index in [0.29, 0.717) is 17.2 Å². The SMILES string of the molecule is Cc1nc(/N=C(\N)Nc2ccc(C(C)C)cc2)[nH]c(=O)c1C. The molecule has 0 radical (unpaired) electrons. The van der Waals surface area contributed by atoms with E-state index in [1.54, 1.807) is 13.8 Å². The molecule has 0 aliphatic rings. The molecule has 6 heteroatoms. The van der Waals surface area contributed by atoms with E-state index in [1.807, 2.05) is 24.3 Å². The third kappa shape index (κ3) is 3.72. The first-order valence-electron chi connectivity index (χ1n) is 7.15. The molecular formula is C16H21N5O.